The number of hydrogen-bond donors (Lipinski definition) is 0. The summed E-state index contributed by atoms with van der Waals surface area (Å²) in [5.41, 5.74) is 0. The predicted octanol–water partition coefficient (Wildman–Crippen LogP) is 7.16. The Balaban J connectivity index is 2.11. The van der Waals surface area contributed by atoms with Crippen molar-refractivity contribution in [2.24, 2.45) is 0 Å². The number of ether oxygens (including phenoxy) is 5. The Morgan fingerprint density at radius 3 is 2.18 bits per heavy atom. The van der Waals surface area contributed by atoms with Crippen LogP contribution in [0.25, 0.3) is 10.8 Å². The van der Waals surface area contributed by atoms with E-state index in [4.69, 9.17) is 23.7 Å². The summed E-state index contributed by atoms with van der Waals surface area (Å²) in [5, 5.41) is 2.22. The van der Waals surface area contributed by atoms with Crippen LogP contribution in [0.5, 0.6) is 5.75 Å². The highest BCUT2D eigenvalue weighted by Gasteiger charge is 2.25. The van der Waals surface area contributed by atoms with E-state index >= 15 is 0 Å². The van der Waals surface area contributed by atoms with Crippen molar-refractivity contribution in [1.82, 2.24) is 0 Å². The van der Waals surface area contributed by atoms with E-state index in [0.29, 0.717) is 19.6 Å². The Hall–Kier alpha value is -1.66. The molecule has 0 aliphatic carbocycles. The molecule has 0 aromatic heterocycles. The number of benzene rings is 2. The summed E-state index contributed by atoms with van der Waals surface area (Å²) in [4.78, 5) is 0. The molecule has 0 N–H and O–H groups in total. The number of rotatable bonds is 20. The minimum atomic E-state index is -0.454. The molecule has 2 aromatic rings. The first-order chi connectivity index (χ1) is 16.7. The maximum absolute atomic E-state index is 6.53. The van der Waals surface area contributed by atoms with Crippen LogP contribution in [-0.2, 0) is 18.9 Å². The molecule has 3 atom stereocenters. The van der Waals surface area contributed by atoms with E-state index in [1.165, 1.54) is 0 Å². The summed E-state index contributed by atoms with van der Waals surface area (Å²) in [6.45, 7) is 11.9. The van der Waals surface area contributed by atoms with Crippen molar-refractivity contribution in [2.75, 3.05) is 33.0 Å². The van der Waals surface area contributed by atoms with Gasteiger partial charge >= 0.3 is 0 Å². The topological polar surface area (TPSA) is 46.2 Å². The third-order valence-corrected chi connectivity index (χ3v) is 5.80. The monoisotopic (exact) mass is 474 g/mol. The van der Waals surface area contributed by atoms with E-state index in [-0.39, 0.29) is 12.2 Å². The van der Waals surface area contributed by atoms with Crippen molar-refractivity contribution in [3.63, 3.8) is 0 Å². The highest BCUT2D eigenvalue weighted by molar-refractivity contribution is 5.88. The van der Waals surface area contributed by atoms with Gasteiger partial charge in [-0.25, -0.2) is 0 Å². The Labute approximate surface area is 207 Å². The van der Waals surface area contributed by atoms with E-state index < -0.39 is 6.29 Å². The third kappa shape index (κ3) is 10.7. The molecule has 0 radical (unpaired) electrons. The molecule has 1 unspecified atom stereocenters. The van der Waals surface area contributed by atoms with Gasteiger partial charge in [0.25, 0.3) is 0 Å². The molecule has 0 saturated heterocycles. The lowest BCUT2D eigenvalue weighted by molar-refractivity contribution is -0.182. The lowest BCUT2D eigenvalue weighted by Gasteiger charge is -2.30. The molecule has 5 heteroatoms. The second kappa shape index (κ2) is 17.7. The average molecular weight is 475 g/mol. The molecule has 5 nitrogen and oxygen atoms in total. The summed E-state index contributed by atoms with van der Waals surface area (Å²) >= 11 is 0. The van der Waals surface area contributed by atoms with Crippen LogP contribution in [0.4, 0.5) is 0 Å². The van der Waals surface area contributed by atoms with Crippen molar-refractivity contribution < 1.29 is 23.7 Å². The fourth-order valence-corrected chi connectivity index (χ4v) is 3.57. The van der Waals surface area contributed by atoms with Crippen LogP contribution in [0.3, 0.4) is 0 Å². The van der Waals surface area contributed by atoms with Gasteiger partial charge in [-0.3, -0.25) is 0 Å². The van der Waals surface area contributed by atoms with Gasteiger partial charge in [0.15, 0.2) is 0 Å². The van der Waals surface area contributed by atoms with Gasteiger partial charge in [0, 0.05) is 31.6 Å². The molecule has 0 spiro atoms. The van der Waals surface area contributed by atoms with Crippen molar-refractivity contribution in [1.29, 1.82) is 0 Å². The molecule has 2 aromatic carbocycles. The van der Waals surface area contributed by atoms with Gasteiger partial charge in [-0.15, -0.1) is 0 Å². The number of fused-ring (bicyclic) bond motifs is 1. The quantitative estimate of drug-likeness (QED) is 0.150. The third-order valence-electron chi connectivity index (χ3n) is 5.80. The maximum atomic E-state index is 6.53. The molecular weight excluding hydrogens is 428 g/mol. The minimum Gasteiger partial charge on any atom is -0.464 e. The first kappa shape index (κ1) is 28.6. The zero-order valence-electron chi connectivity index (χ0n) is 21.8. The van der Waals surface area contributed by atoms with Gasteiger partial charge in [0.1, 0.15) is 11.9 Å². The van der Waals surface area contributed by atoms with E-state index in [9.17, 15) is 0 Å². The van der Waals surface area contributed by atoms with Crippen LogP contribution in [0.2, 0.25) is 0 Å². The molecule has 0 aliphatic heterocycles. The van der Waals surface area contributed by atoms with E-state index in [2.05, 4.69) is 45.9 Å². The van der Waals surface area contributed by atoms with Crippen LogP contribution in [0.1, 0.15) is 72.6 Å². The maximum Gasteiger partial charge on any atom is 0.202 e. The molecule has 0 amide bonds. The highest BCUT2D eigenvalue weighted by atomic mass is 16.7. The Morgan fingerprint density at radius 2 is 1.41 bits per heavy atom. The summed E-state index contributed by atoms with van der Waals surface area (Å²) in [6, 6.07) is 14.4. The van der Waals surface area contributed by atoms with Crippen molar-refractivity contribution in [3.8, 4) is 5.75 Å². The minimum absolute atomic E-state index is 0.0900. The van der Waals surface area contributed by atoms with Crippen LogP contribution < -0.4 is 4.74 Å². The van der Waals surface area contributed by atoms with Gasteiger partial charge in [0.05, 0.1) is 19.3 Å². The first-order valence-corrected chi connectivity index (χ1v) is 13.3. The molecule has 0 saturated carbocycles. The Morgan fingerprint density at radius 1 is 0.735 bits per heavy atom. The smallest absolute Gasteiger partial charge is 0.202 e. The molecular formula is C29H46O5. The zero-order chi connectivity index (χ0) is 24.4. The second-order valence-corrected chi connectivity index (χ2v) is 8.81. The standard InChI is InChI=1S/C29H46O5/c1-5-8-19-30-22-18-29(33-27-17-13-15-25-14-11-12-16-26(25)27)34-28(23-31-20-9-6-2)24(4)32-21-10-7-3/h11-17,24,28-29H,5-10,18-23H2,1-4H3/t24-,28?,29+/m0/s1. The first-order valence-electron chi connectivity index (χ1n) is 13.3. The van der Waals surface area contributed by atoms with Crippen molar-refractivity contribution in [2.45, 2.75) is 91.1 Å². The highest BCUT2D eigenvalue weighted by Crippen LogP contribution is 2.27. The van der Waals surface area contributed by atoms with Crippen molar-refractivity contribution in [3.05, 3.63) is 42.5 Å². The second-order valence-electron chi connectivity index (χ2n) is 8.81. The number of hydrogen-bond acceptors (Lipinski definition) is 5. The molecule has 0 bridgehead atoms. The van der Waals surface area contributed by atoms with Gasteiger partial charge in [-0.05, 0) is 37.6 Å². The van der Waals surface area contributed by atoms with Crippen LogP contribution in [0.15, 0.2) is 42.5 Å². The van der Waals surface area contributed by atoms with Gasteiger partial charge in [0.2, 0.25) is 6.29 Å². The van der Waals surface area contributed by atoms with Crippen LogP contribution in [0, 0.1) is 0 Å². The molecule has 0 heterocycles. The summed E-state index contributed by atoms with van der Waals surface area (Å²) in [6.07, 6.45) is 6.35. The van der Waals surface area contributed by atoms with Gasteiger partial charge in [-0.1, -0.05) is 76.4 Å². The lowest BCUT2D eigenvalue weighted by atomic mass is 10.1. The zero-order valence-corrected chi connectivity index (χ0v) is 21.8. The summed E-state index contributed by atoms with van der Waals surface area (Å²) < 4.78 is 30.9. The van der Waals surface area contributed by atoms with Crippen LogP contribution >= 0.6 is 0 Å². The van der Waals surface area contributed by atoms with Gasteiger partial charge < -0.3 is 23.7 Å². The molecule has 0 fully saturated rings. The fraction of sp³-hybridized carbons (Fsp3) is 0.655. The normalized spacial score (nSPS) is 14.2. The average Bonchev–Trinajstić information content (AvgIpc) is 2.85. The van der Waals surface area contributed by atoms with Gasteiger partial charge in [-0.2, -0.15) is 0 Å². The van der Waals surface area contributed by atoms with E-state index in [1.54, 1.807) is 0 Å². The van der Waals surface area contributed by atoms with E-state index in [1.807, 2.05) is 24.3 Å². The SMILES string of the molecule is CCCCOCC[C@H](Oc1cccc2ccccc12)OC(COCCCC)[C@H](C)OCCCC. The molecule has 0 aliphatic rings. The Kier molecular flexibility index (Phi) is 14.9. The molecule has 34 heavy (non-hydrogen) atoms. The summed E-state index contributed by atoms with van der Waals surface area (Å²) in [5.74, 6) is 0.821. The Bertz CT molecular complexity index is 760. The summed E-state index contributed by atoms with van der Waals surface area (Å²) in [7, 11) is 0. The molecule has 2 rings (SSSR count). The molecule has 192 valence electrons. The predicted molar refractivity (Wildman–Crippen MR) is 140 cm³/mol. The fourth-order valence-electron chi connectivity index (χ4n) is 3.57. The van der Waals surface area contributed by atoms with Crippen molar-refractivity contribution >= 4 is 10.8 Å². The van der Waals surface area contributed by atoms with Crippen LogP contribution in [-0.4, -0.2) is 51.5 Å². The number of unbranched alkanes of at least 4 members (excludes halogenated alkanes) is 3. The largest absolute Gasteiger partial charge is 0.464 e. The van der Waals surface area contributed by atoms with E-state index in [0.717, 1.165) is 74.9 Å². The lowest BCUT2D eigenvalue weighted by Crippen LogP contribution is -2.39.